The lowest BCUT2D eigenvalue weighted by Crippen LogP contribution is -2.28. The Morgan fingerprint density at radius 2 is 2.32 bits per heavy atom. The van der Waals surface area contributed by atoms with E-state index in [1.807, 2.05) is 0 Å². The fourth-order valence-electron chi connectivity index (χ4n) is 2.67. The molecule has 0 saturated carbocycles. The van der Waals surface area contributed by atoms with Gasteiger partial charge in [0.15, 0.2) is 0 Å². The van der Waals surface area contributed by atoms with Gasteiger partial charge in [0.2, 0.25) is 0 Å². The molecule has 1 heterocycles. The van der Waals surface area contributed by atoms with Crippen LogP contribution in [0.5, 0.6) is 5.75 Å². The van der Waals surface area contributed by atoms with Gasteiger partial charge in [0, 0.05) is 12.6 Å². The van der Waals surface area contributed by atoms with E-state index in [0.29, 0.717) is 23.9 Å². The highest BCUT2D eigenvalue weighted by atomic mass is 16.6. The number of nitrogens with two attached hydrogens (primary N) is 1. The summed E-state index contributed by atoms with van der Waals surface area (Å²) in [6.07, 6.45) is 0.972. The fourth-order valence-corrected chi connectivity index (χ4v) is 2.67. The van der Waals surface area contributed by atoms with Crippen molar-refractivity contribution in [3.05, 3.63) is 28.3 Å². The van der Waals surface area contributed by atoms with Crippen LogP contribution in [0.4, 0.5) is 11.4 Å². The molecule has 0 amide bonds. The van der Waals surface area contributed by atoms with E-state index >= 15 is 0 Å². The fraction of sp³-hybridized carbons (Fsp3) is 0.538. The molecular weight excluding hydrogens is 246 g/mol. The van der Waals surface area contributed by atoms with E-state index < -0.39 is 0 Å². The van der Waals surface area contributed by atoms with Crippen molar-refractivity contribution in [1.29, 1.82) is 0 Å². The van der Waals surface area contributed by atoms with Crippen molar-refractivity contribution in [2.24, 2.45) is 11.7 Å². The summed E-state index contributed by atoms with van der Waals surface area (Å²) in [6.45, 7) is 3.46. The maximum Gasteiger partial charge on any atom is 0.296 e. The minimum atomic E-state index is -0.361. The van der Waals surface area contributed by atoms with Gasteiger partial charge in [-0.3, -0.25) is 10.1 Å². The third kappa shape index (κ3) is 2.63. The van der Waals surface area contributed by atoms with Crippen molar-refractivity contribution in [3.8, 4) is 5.75 Å². The number of ether oxygens (including phenoxy) is 1. The van der Waals surface area contributed by atoms with Crippen molar-refractivity contribution in [1.82, 2.24) is 0 Å². The Hall–Kier alpha value is -1.82. The topological polar surface area (TPSA) is 81.6 Å². The molecule has 19 heavy (non-hydrogen) atoms. The Bertz CT molecular complexity index is 478. The first-order chi connectivity index (χ1) is 9.06. The second-order valence-corrected chi connectivity index (χ2v) is 4.95. The zero-order valence-corrected chi connectivity index (χ0v) is 11.2. The maximum atomic E-state index is 11.2. The van der Waals surface area contributed by atoms with Crippen molar-refractivity contribution < 1.29 is 9.66 Å². The predicted molar refractivity (Wildman–Crippen MR) is 73.6 cm³/mol. The van der Waals surface area contributed by atoms with Crippen molar-refractivity contribution in [2.75, 3.05) is 25.1 Å². The minimum Gasteiger partial charge on any atom is -0.496 e. The summed E-state index contributed by atoms with van der Waals surface area (Å²) < 4.78 is 5.05. The molecule has 1 aromatic carbocycles. The molecule has 2 N–H and O–H groups in total. The molecule has 1 aromatic rings. The van der Waals surface area contributed by atoms with E-state index in [1.54, 1.807) is 12.1 Å². The van der Waals surface area contributed by atoms with Crippen molar-refractivity contribution in [3.63, 3.8) is 0 Å². The second kappa shape index (κ2) is 5.44. The molecule has 1 saturated heterocycles. The molecule has 0 bridgehead atoms. The first-order valence-corrected chi connectivity index (χ1v) is 6.36. The molecule has 0 spiro atoms. The highest BCUT2D eigenvalue weighted by Gasteiger charge is 2.32. The van der Waals surface area contributed by atoms with Crippen LogP contribution < -0.4 is 15.4 Å². The number of benzene rings is 1. The van der Waals surface area contributed by atoms with Gasteiger partial charge in [-0.2, -0.15) is 0 Å². The first kappa shape index (κ1) is 13.6. The monoisotopic (exact) mass is 265 g/mol. The van der Waals surface area contributed by atoms with Gasteiger partial charge in [0.05, 0.1) is 18.1 Å². The Morgan fingerprint density at radius 3 is 2.84 bits per heavy atom. The van der Waals surface area contributed by atoms with E-state index in [2.05, 4.69) is 11.8 Å². The zero-order valence-electron chi connectivity index (χ0n) is 11.2. The summed E-state index contributed by atoms with van der Waals surface area (Å²) in [5.74, 6) is 0.898. The molecule has 1 aliphatic heterocycles. The molecule has 2 unspecified atom stereocenters. The van der Waals surface area contributed by atoms with Crippen LogP contribution in [-0.2, 0) is 0 Å². The van der Waals surface area contributed by atoms with Crippen molar-refractivity contribution in [2.45, 2.75) is 19.4 Å². The number of hydrogen-bond acceptors (Lipinski definition) is 5. The highest BCUT2D eigenvalue weighted by molar-refractivity contribution is 5.66. The highest BCUT2D eigenvalue weighted by Crippen LogP contribution is 2.37. The van der Waals surface area contributed by atoms with Gasteiger partial charge in [0.1, 0.15) is 11.4 Å². The van der Waals surface area contributed by atoms with Crippen LogP contribution in [0, 0.1) is 16.0 Å². The van der Waals surface area contributed by atoms with Crippen LogP contribution in [0.1, 0.15) is 13.3 Å². The van der Waals surface area contributed by atoms with Crippen LogP contribution in [0.15, 0.2) is 18.2 Å². The predicted octanol–water partition coefficient (Wildman–Crippen LogP) is 1.78. The van der Waals surface area contributed by atoms with Gasteiger partial charge in [-0.1, -0.05) is 0 Å². The molecule has 0 radical (unpaired) electrons. The van der Waals surface area contributed by atoms with Gasteiger partial charge in [-0.25, -0.2) is 0 Å². The number of nitro benzene ring substituents is 1. The molecule has 1 aliphatic rings. The van der Waals surface area contributed by atoms with E-state index in [1.165, 1.54) is 13.2 Å². The molecule has 0 aliphatic carbocycles. The third-order valence-electron chi connectivity index (χ3n) is 3.68. The zero-order chi connectivity index (χ0) is 14.0. The summed E-state index contributed by atoms with van der Waals surface area (Å²) >= 11 is 0. The Labute approximate surface area is 112 Å². The molecule has 6 nitrogen and oxygen atoms in total. The number of rotatable bonds is 4. The Balaban J connectivity index is 2.36. The largest absolute Gasteiger partial charge is 0.496 e. The number of methoxy groups -OCH3 is 1. The number of hydrogen-bond donors (Lipinski definition) is 1. The van der Waals surface area contributed by atoms with Gasteiger partial charge in [0.25, 0.3) is 5.69 Å². The normalized spacial score (nSPS) is 22.6. The molecule has 0 aromatic heterocycles. The van der Waals surface area contributed by atoms with Gasteiger partial charge in [-0.05, 0) is 37.9 Å². The summed E-state index contributed by atoms with van der Waals surface area (Å²) in [4.78, 5) is 12.9. The second-order valence-electron chi connectivity index (χ2n) is 4.95. The van der Waals surface area contributed by atoms with Crippen LogP contribution in [0.3, 0.4) is 0 Å². The van der Waals surface area contributed by atoms with Crippen LogP contribution >= 0.6 is 0 Å². The van der Waals surface area contributed by atoms with Gasteiger partial charge < -0.3 is 15.4 Å². The Morgan fingerprint density at radius 1 is 1.58 bits per heavy atom. The Kier molecular flexibility index (Phi) is 3.90. The number of nitro groups is 1. The van der Waals surface area contributed by atoms with Gasteiger partial charge >= 0.3 is 0 Å². The lowest BCUT2D eigenvalue weighted by atomic mass is 10.1. The molecule has 104 valence electrons. The lowest BCUT2D eigenvalue weighted by molar-refractivity contribution is -0.384. The molecule has 1 fully saturated rings. The SMILES string of the molecule is COc1ccc(N2CC(CN)CC2C)c([N+](=O)[O-])c1. The van der Waals surface area contributed by atoms with Crippen molar-refractivity contribution >= 4 is 11.4 Å². The summed E-state index contributed by atoms with van der Waals surface area (Å²) in [5.41, 5.74) is 6.43. The lowest BCUT2D eigenvalue weighted by Gasteiger charge is -2.23. The summed E-state index contributed by atoms with van der Waals surface area (Å²) in [6, 6.07) is 5.25. The smallest absolute Gasteiger partial charge is 0.296 e. The standard InChI is InChI=1S/C13H19N3O3/c1-9-5-10(7-14)8-15(9)12-4-3-11(19-2)6-13(12)16(17)18/h3-4,6,9-10H,5,7-8,14H2,1-2H3. The molecular formula is C13H19N3O3. The molecule has 2 rings (SSSR count). The van der Waals surface area contributed by atoms with E-state index in [-0.39, 0.29) is 16.7 Å². The van der Waals surface area contributed by atoms with E-state index in [4.69, 9.17) is 10.5 Å². The third-order valence-corrected chi connectivity index (χ3v) is 3.68. The maximum absolute atomic E-state index is 11.2. The van der Waals surface area contributed by atoms with E-state index in [0.717, 1.165) is 13.0 Å². The molecule has 6 heteroatoms. The summed E-state index contributed by atoms with van der Waals surface area (Å²) in [7, 11) is 1.50. The average Bonchev–Trinajstić information content (AvgIpc) is 2.79. The van der Waals surface area contributed by atoms with E-state index in [9.17, 15) is 10.1 Å². The minimum absolute atomic E-state index is 0.0869. The quantitative estimate of drug-likeness (QED) is 0.663. The van der Waals surface area contributed by atoms with Crippen LogP contribution in [-0.4, -0.2) is 31.2 Å². The van der Waals surface area contributed by atoms with Gasteiger partial charge in [-0.15, -0.1) is 0 Å². The molecule has 2 atom stereocenters. The van der Waals surface area contributed by atoms with Crippen LogP contribution in [0.2, 0.25) is 0 Å². The van der Waals surface area contributed by atoms with Crippen LogP contribution in [0.25, 0.3) is 0 Å². The number of nitrogens with zero attached hydrogens (tertiary/aromatic N) is 2. The number of anilines is 1. The first-order valence-electron chi connectivity index (χ1n) is 6.36. The summed E-state index contributed by atoms with van der Waals surface area (Å²) in [5, 5.41) is 11.2. The average molecular weight is 265 g/mol.